The highest BCUT2D eigenvalue weighted by Gasteiger charge is 2.38. The van der Waals surface area contributed by atoms with E-state index in [0.29, 0.717) is 12.5 Å². The lowest BCUT2D eigenvalue weighted by Gasteiger charge is -2.37. The number of carbonyl (C=O) groups excluding carboxylic acids is 1. The lowest BCUT2D eigenvalue weighted by molar-refractivity contribution is -0.384. The van der Waals surface area contributed by atoms with E-state index in [-0.39, 0.29) is 28.2 Å². The molecule has 1 N–H and O–H groups in total. The molecule has 2 saturated heterocycles. The molecule has 1 aromatic carbocycles. The molecule has 1 aromatic rings. The van der Waals surface area contributed by atoms with E-state index in [1.165, 1.54) is 18.2 Å². The zero-order valence-corrected chi connectivity index (χ0v) is 12.2. The maximum absolute atomic E-state index is 12.7. The number of rotatable bonds is 2. The normalized spacial score (nSPS) is 24.7. The van der Waals surface area contributed by atoms with Crippen molar-refractivity contribution in [2.45, 2.75) is 18.9 Å². The van der Waals surface area contributed by atoms with Gasteiger partial charge in [0.25, 0.3) is 11.6 Å². The summed E-state index contributed by atoms with van der Waals surface area (Å²) in [5, 5.41) is 14.4. The van der Waals surface area contributed by atoms with Gasteiger partial charge >= 0.3 is 0 Å². The minimum atomic E-state index is -0.511. The SMILES string of the molecule is O=C(c1cc([N+](=O)[O-])ccc1Cl)N1CCCC2CNCC21. The van der Waals surface area contributed by atoms with Crippen LogP contribution in [0, 0.1) is 16.0 Å². The first kappa shape index (κ1) is 14.3. The van der Waals surface area contributed by atoms with Crippen LogP contribution in [0.5, 0.6) is 0 Å². The number of nitro groups is 1. The summed E-state index contributed by atoms with van der Waals surface area (Å²) in [7, 11) is 0. The fourth-order valence-corrected chi connectivity index (χ4v) is 3.46. The summed E-state index contributed by atoms with van der Waals surface area (Å²) >= 11 is 6.07. The molecule has 2 unspecified atom stereocenters. The first-order chi connectivity index (χ1) is 10.1. The van der Waals surface area contributed by atoms with Crippen molar-refractivity contribution in [2.24, 2.45) is 5.92 Å². The maximum atomic E-state index is 12.7. The molecule has 7 heteroatoms. The van der Waals surface area contributed by atoms with Gasteiger partial charge in [-0.2, -0.15) is 0 Å². The summed E-state index contributed by atoms with van der Waals surface area (Å²) < 4.78 is 0. The van der Waals surface area contributed by atoms with Gasteiger partial charge in [-0.15, -0.1) is 0 Å². The molecule has 1 amide bonds. The number of piperidine rings is 1. The fraction of sp³-hybridized carbons (Fsp3) is 0.500. The third-order valence-electron chi connectivity index (χ3n) is 4.33. The third kappa shape index (κ3) is 2.61. The van der Waals surface area contributed by atoms with Gasteiger partial charge in [0, 0.05) is 37.8 Å². The number of nitrogens with zero attached hydrogens (tertiary/aromatic N) is 2. The Hall–Kier alpha value is -1.66. The van der Waals surface area contributed by atoms with Crippen LogP contribution in [0.3, 0.4) is 0 Å². The molecule has 0 aromatic heterocycles. The van der Waals surface area contributed by atoms with Gasteiger partial charge in [-0.1, -0.05) is 11.6 Å². The van der Waals surface area contributed by atoms with Crippen molar-refractivity contribution in [3.63, 3.8) is 0 Å². The van der Waals surface area contributed by atoms with Crippen LogP contribution in [0.25, 0.3) is 0 Å². The van der Waals surface area contributed by atoms with E-state index >= 15 is 0 Å². The number of nitro benzene ring substituents is 1. The van der Waals surface area contributed by atoms with Gasteiger partial charge in [0.2, 0.25) is 0 Å². The van der Waals surface area contributed by atoms with Gasteiger partial charge in [0.15, 0.2) is 0 Å². The van der Waals surface area contributed by atoms with Crippen molar-refractivity contribution in [3.8, 4) is 0 Å². The Labute approximate surface area is 127 Å². The molecular weight excluding hydrogens is 294 g/mol. The van der Waals surface area contributed by atoms with Gasteiger partial charge in [-0.25, -0.2) is 0 Å². The number of nitrogens with one attached hydrogen (secondary N) is 1. The van der Waals surface area contributed by atoms with Crippen LogP contribution >= 0.6 is 11.6 Å². The minimum absolute atomic E-state index is 0.110. The van der Waals surface area contributed by atoms with Crippen LogP contribution in [-0.2, 0) is 0 Å². The molecule has 0 bridgehead atoms. The highest BCUT2D eigenvalue weighted by Crippen LogP contribution is 2.30. The highest BCUT2D eigenvalue weighted by atomic mass is 35.5. The van der Waals surface area contributed by atoms with Crippen molar-refractivity contribution >= 4 is 23.2 Å². The summed E-state index contributed by atoms with van der Waals surface area (Å²) in [6.45, 7) is 2.39. The van der Waals surface area contributed by atoms with Gasteiger partial charge in [0.05, 0.1) is 15.5 Å². The number of halogens is 1. The average molecular weight is 310 g/mol. The standard InChI is InChI=1S/C14H16ClN3O3/c15-12-4-3-10(18(20)21)6-11(12)14(19)17-5-1-2-9-7-16-8-13(9)17/h3-4,6,9,13,16H,1-2,5,7-8H2. The Kier molecular flexibility index (Phi) is 3.82. The Morgan fingerprint density at radius 3 is 3.00 bits per heavy atom. The molecule has 2 aliphatic heterocycles. The lowest BCUT2D eigenvalue weighted by atomic mass is 9.91. The average Bonchev–Trinajstić information content (AvgIpc) is 2.95. The number of hydrogen-bond donors (Lipinski definition) is 1. The summed E-state index contributed by atoms with van der Waals surface area (Å²) in [6.07, 6.45) is 2.07. The molecule has 2 fully saturated rings. The minimum Gasteiger partial charge on any atom is -0.334 e. The molecule has 2 atom stereocenters. The smallest absolute Gasteiger partial charge is 0.270 e. The highest BCUT2D eigenvalue weighted by molar-refractivity contribution is 6.33. The van der Waals surface area contributed by atoms with E-state index in [4.69, 9.17) is 11.6 Å². The predicted molar refractivity (Wildman–Crippen MR) is 78.5 cm³/mol. The number of hydrogen-bond acceptors (Lipinski definition) is 4. The van der Waals surface area contributed by atoms with Gasteiger partial charge in [0.1, 0.15) is 0 Å². The molecule has 2 heterocycles. The van der Waals surface area contributed by atoms with E-state index in [1.807, 2.05) is 4.90 Å². The largest absolute Gasteiger partial charge is 0.334 e. The predicted octanol–water partition coefficient (Wildman–Crippen LogP) is 2.07. The lowest BCUT2D eigenvalue weighted by Crippen LogP contribution is -2.48. The summed E-state index contributed by atoms with van der Waals surface area (Å²) in [5.41, 5.74) is 0.110. The number of fused-ring (bicyclic) bond motifs is 1. The Morgan fingerprint density at radius 2 is 2.24 bits per heavy atom. The van der Waals surface area contributed by atoms with Crippen molar-refractivity contribution in [2.75, 3.05) is 19.6 Å². The second-order valence-electron chi connectivity index (χ2n) is 5.55. The van der Waals surface area contributed by atoms with Crippen LogP contribution < -0.4 is 5.32 Å². The molecule has 0 radical (unpaired) electrons. The zero-order chi connectivity index (χ0) is 15.0. The van der Waals surface area contributed by atoms with Crippen LogP contribution in [-0.4, -0.2) is 41.4 Å². The molecule has 0 saturated carbocycles. The Bertz CT molecular complexity index is 593. The number of carbonyl (C=O) groups is 1. The van der Waals surface area contributed by atoms with Crippen LogP contribution in [0.15, 0.2) is 18.2 Å². The monoisotopic (exact) mass is 309 g/mol. The van der Waals surface area contributed by atoms with Crippen molar-refractivity contribution in [3.05, 3.63) is 38.9 Å². The Balaban J connectivity index is 1.90. The third-order valence-corrected chi connectivity index (χ3v) is 4.66. The molecule has 6 nitrogen and oxygen atoms in total. The zero-order valence-electron chi connectivity index (χ0n) is 11.4. The first-order valence-electron chi connectivity index (χ1n) is 7.03. The number of amides is 1. The second kappa shape index (κ2) is 5.61. The van der Waals surface area contributed by atoms with Crippen LogP contribution in [0.2, 0.25) is 5.02 Å². The van der Waals surface area contributed by atoms with Crippen molar-refractivity contribution in [1.82, 2.24) is 10.2 Å². The Morgan fingerprint density at radius 1 is 1.43 bits per heavy atom. The molecule has 2 aliphatic rings. The molecule has 0 spiro atoms. The van der Waals surface area contributed by atoms with Gasteiger partial charge in [-0.3, -0.25) is 14.9 Å². The maximum Gasteiger partial charge on any atom is 0.270 e. The van der Waals surface area contributed by atoms with Crippen molar-refractivity contribution in [1.29, 1.82) is 0 Å². The molecule has 3 rings (SSSR count). The van der Waals surface area contributed by atoms with Gasteiger partial charge < -0.3 is 10.2 Å². The number of likely N-dealkylation sites (tertiary alicyclic amines) is 1. The topological polar surface area (TPSA) is 75.5 Å². The van der Waals surface area contributed by atoms with E-state index < -0.39 is 4.92 Å². The number of benzene rings is 1. The van der Waals surface area contributed by atoms with E-state index in [1.54, 1.807) is 0 Å². The second-order valence-corrected chi connectivity index (χ2v) is 5.95. The fourth-order valence-electron chi connectivity index (χ4n) is 3.27. The molecule has 0 aliphatic carbocycles. The van der Waals surface area contributed by atoms with Crippen molar-refractivity contribution < 1.29 is 9.72 Å². The van der Waals surface area contributed by atoms with Gasteiger partial charge in [-0.05, 0) is 24.8 Å². The van der Waals surface area contributed by atoms with E-state index in [0.717, 1.165) is 25.9 Å². The number of non-ortho nitro benzene ring substituents is 1. The van der Waals surface area contributed by atoms with E-state index in [9.17, 15) is 14.9 Å². The summed E-state index contributed by atoms with van der Waals surface area (Å²) in [5.74, 6) is 0.266. The van der Waals surface area contributed by atoms with Crippen LogP contribution in [0.4, 0.5) is 5.69 Å². The van der Waals surface area contributed by atoms with Crippen LogP contribution in [0.1, 0.15) is 23.2 Å². The molecule has 112 valence electrons. The summed E-state index contributed by atoms with van der Waals surface area (Å²) in [6, 6.07) is 4.18. The van der Waals surface area contributed by atoms with E-state index in [2.05, 4.69) is 5.32 Å². The quantitative estimate of drug-likeness (QED) is 0.670. The molecular formula is C14H16ClN3O3. The first-order valence-corrected chi connectivity index (χ1v) is 7.41. The molecule has 21 heavy (non-hydrogen) atoms. The summed E-state index contributed by atoms with van der Waals surface area (Å²) in [4.78, 5) is 24.9.